The number of hydrogen-bond acceptors (Lipinski definition) is 4. The van der Waals surface area contributed by atoms with Gasteiger partial charge in [0.05, 0.1) is 12.8 Å². The van der Waals surface area contributed by atoms with Gasteiger partial charge in [-0.3, -0.25) is 14.9 Å². The quantitative estimate of drug-likeness (QED) is 0.522. The normalized spacial score (nSPS) is 16.2. The first kappa shape index (κ1) is 16.8. The number of benzene rings is 2. The zero-order valence-corrected chi connectivity index (χ0v) is 14.0. The van der Waals surface area contributed by atoms with Crippen LogP contribution >= 0.6 is 12.2 Å². The second-order valence-corrected chi connectivity index (χ2v) is 5.57. The fraction of sp³-hybridized carbons (Fsp3) is 0.0556. The highest BCUT2D eigenvalue weighted by Gasteiger charge is 2.35. The van der Waals surface area contributed by atoms with E-state index in [1.165, 1.54) is 24.3 Å². The average molecular weight is 356 g/mol. The van der Waals surface area contributed by atoms with E-state index in [4.69, 9.17) is 17.0 Å². The van der Waals surface area contributed by atoms with Crippen molar-refractivity contribution in [2.24, 2.45) is 0 Å². The lowest BCUT2D eigenvalue weighted by molar-refractivity contribution is -0.122. The van der Waals surface area contributed by atoms with E-state index in [9.17, 15) is 14.0 Å². The van der Waals surface area contributed by atoms with E-state index in [1.54, 1.807) is 37.4 Å². The number of hydrogen-bond donors (Lipinski definition) is 1. The van der Waals surface area contributed by atoms with Crippen LogP contribution in [0, 0.1) is 5.82 Å². The number of carbonyl (C=O) groups excluding carboxylic acids is 2. The topological polar surface area (TPSA) is 58.6 Å². The Balaban J connectivity index is 2.00. The summed E-state index contributed by atoms with van der Waals surface area (Å²) in [5, 5.41) is 2.26. The number of halogens is 1. The molecule has 1 N–H and O–H groups in total. The van der Waals surface area contributed by atoms with Crippen molar-refractivity contribution in [1.29, 1.82) is 0 Å². The molecule has 0 saturated carbocycles. The molecule has 0 aliphatic carbocycles. The molecule has 0 unspecified atom stereocenters. The first-order valence-electron chi connectivity index (χ1n) is 7.31. The van der Waals surface area contributed by atoms with Crippen LogP contribution in [0.2, 0.25) is 0 Å². The molecule has 0 bridgehead atoms. The van der Waals surface area contributed by atoms with Gasteiger partial charge in [0, 0.05) is 0 Å². The van der Waals surface area contributed by atoms with Gasteiger partial charge in [0.2, 0.25) is 0 Å². The van der Waals surface area contributed by atoms with Crippen molar-refractivity contribution in [3.05, 3.63) is 65.5 Å². The number of nitrogens with one attached hydrogen (secondary N) is 1. The second kappa shape index (κ2) is 6.82. The maximum absolute atomic E-state index is 14.1. The zero-order chi connectivity index (χ0) is 18.0. The molecule has 0 radical (unpaired) electrons. The number of thiocarbonyl (C=S) groups is 1. The second-order valence-electron chi connectivity index (χ2n) is 5.18. The maximum atomic E-state index is 14.1. The van der Waals surface area contributed by atoms with Gasteiger partial charge in [-0.2, -0.15) is 0 Å². The van der Waals surface area contributed by atoms with Crippen LogP contribution in [-0.2, 0) is 9.59 Å². The number of para-hydroxylation sites is 1. The molecule has 1 saturated heterocycles. The van der Waals surface area contributed by atoms with E-state index in [-0.39, 0.29) is 16.4 Å². The molecule has 126 valence electrons. The van der Waals surface area contributed by atoms with E-state index in [1.807, 2.05) is 0 Å². The van der Waals surface area contributed by atoms with Crippen LogP contribution in [0.25, 0.3) is 6.08 Å². The van der Waals surface area contributed by atoms with Gasteiger partial charge in [-0.1, -0.05) is 24.3 Å². The predicted octanol–water partition coefficient (Wildman–Crippen LogP) is 2.67. The fourth-order valence-corrected chi connectivity index (χ4v) is 2.65. The lowest BCUT2D eigenvalue weighted by Crippen LogP contribution is -2.54. The van der Waals surface area contributed by atoms with Crippen LogP contribution in [0.4, 0.5) is 10.1 Å². The van der Waals surface area contributed by atoms with Crippen molar-refractivity contribution >= 4 is 40.9 Å². The standard InChI is InChI=1S/C18H13FN2O3S/c1-24-12-8-6-11(7-9-12)10-13-16(22)20-18(25)21(17(13)23)15-5-3-2-4-14(15)19/h2-10H,1H3,(H,20,22,25)/b13-10-. The monoisotopic (exact) mass is 356 g/mol. The van der Waals surface area contributed by atoms with Crippen molar-refractivity contribution in [2.75, 3.05) is 12.0 Å². The average Bonchev–Trinajstić information content (AvgIpc) is 2.60. The lowest BCUT2D eigenvalue weighted by atomic mass is 10.1. The number of methoxy groups -OCH3 is 1. The molecule has 0 aromatic heterocycles. The van der Waals surface area contributed by atoms with E-state index in [2.05, 4.69) is 5.32 Å². The largest absolute Gasteiger partial charge is 0.497 e. The number of carbonyl (C=O) groups is 2. The van der Waals surface area contributed by atoms with Gasteiger partial charge in [0.15, 0.2) is 5.11 Å². The van der Waals surface area contributed by atoms with Gasteiger partial charge >= 0.3 is 0 Å². The summed E-state index contributed by atoms with van der Waals surface area (Å²) in [6.07, 6.45) is 1.42. The molecule has 25 heavy (non-hydrogen) atoms. The highest BCUT2D eigenvalue weighted by Crippen LogP contribution is 2.24. The van der Waals surface area contributed by atoms with Crippen LogP contribution in [0.15, 0.2) is 54.1 Å². The third kappa shape index (κ3) is 3.27. The smallest absolute Gasteiger partial charge is 0.270 e. The van der Waals surface area contributed by atoms with Crippen LogP contribution in [0.3, 0.4) is 0 Å². The number of ether oxygens (including phenoxy) is 1. The van der Waals surface area contributed by atoms with Gasteiger partial charge < -0.3 is 4.74 Å². The summed E-state index contributed by atoms with van der Waals surface area (Å²) in [5.74, 6) is -1.28. The number of nitrogens with zero attached hydrogens (tertiary/aromatic N) is 1. The summed E-state index contributed by atoms with van der Waals surface area (Å²) >= 11 is 5.04. The van der Waals surface area contributed by atoms with Crippen LogP contribution in [0.1, 0.15) is 5.56 Å². The molecule has 1 fully saturated rings. The van der Waals surface area contributed by atoms with Crippen molar-refractivity contribution in [2.45, 2.75) is 0 Å². The Bertz CT molecular complexity index is 893. The van der Waals surface area contributed by atoms with E-state index < -0.39 is 17.6 Å². The van der Waals surface area contributed by atoms with Gasteiger partial charge in [-0.15, -0.1) is 0 Å². The molecule has 1 heterocycles. The maximum Gasteiger partial charge on any atom is 0.270 e. The molecule has 1 aliphatic heterocycles. The summed E-state index contributed by atoms with van der Waals surface area (Å²) in [6, 6.07) is 12.5. The molecule has 7 heteroatoms. The number of amides is 2. The Hall–Kier alpha value is -3.06. The Morgan fingerprint density at radius 1 is 1.12 bits per heavy atom. The van der Waals surface area contributed by atoms with Gasteiger partial charge in [-0.25, -0.2) is 9.29 Å². The minimum absolute atomic E-state index is 0.0156. The van der Waals surface area contributed by atoms with Crippen LogP contribution in [0.5, 0.6) is 5.75 Å². The lowest BCUT2D eigenvalue weighted by Gasteiger charge is -2.29. The number of rotatable bonds is 3. The Kier molecular flexibility index (Phi) is 4.58. The Morgan fingerprint density at radius 3 is 2.44 bits per heavy atom. The fourth-order valence-electron chi connectivity index (χ4n) is 2.38. The van der Waals surface area contributed by atoms with Crippen molar-refractivity contribution in [3.8, 4) is 5.75 Å². The molecule has 5 nitrogen and oxygen atoms in total. The molecular weight excluding hydrogens is 343 g/mol. The third-order valence-corrected chi connectivity index (χ3v) is 3.91. The summed E-state index contributed by atoms with van der Waals surface area (Å²) in [4.78, 5) is 25.9. The Morgan fingerprint density at radius 2 is 1.80 bits per heavy atom. The molecule has 0 atom stereocenters. The van der Waals surface area contributed by atoms with E-state index >= 15 is 0 Å². The summed E-state index contributed by atoms with van der Waals surface area (Å²) in [7, 11) is 1.54. The molecule has 2 amide bonds. The highest BCUT2D eigenvalue weighted by molar-refractivity contribution is 7.80. The van der Waals surface area contributed by atoms with Crippen molar-refractivity contribution < 1.29 is 18.7 Å². The molecule has 0 spiro atoms. The van der Waals surface area contributed by atoms with E-state index in [0.29, 0.717) is 11.3 Å². The predicted molar refractivity (Wildman–Crippen MR) is 95.6 cm³/mol. The summed E-state index contributed by atoms with van der Waals surface area (Å²) in [6.45, 7) is 0. The molecule has 3 rings (SSSR count). The molecular formula is C18H13FN2O3S. The van der Waals surface area contributed by atoms with Gasteiger partial charge in [0.1, 0.15) is 17.1 Å². The minimum atomic E-state index is -0.685. The first-order chi connectivity index (χ1) is 12.0. The van der Waals surface area contributed by atoms with E-state index in [0.717, 1.165) is 4.90 Å². The minimum Gasteiger partial charge on any atom is -0.497 e. The summed E-state index contributed by atoms with van der Waals surface area (Å²) in [5.41, 5.74) is 0.473. The zero-order valence-electron chi connectivity index (χ0n) is 13.2. The molecule has 2 aromatic carbocycles. The SMILES string of the molecule is COc1ccc(/C=C2/C(=O)NC(=S)N(c3ccccc3F)C2=O)cc1. The number of anilines is 1. The van der Waals surface area contributed by atoms with Crippen LogP contribution in [-0.4, -0.2) is 24.0 Å². The highest BCUT2D eigenvalue weighted by atomic mass is 32.1. The third-order valence-electron chi connectivity index (χ3n) is 3.62. The first-order valence-corrected chi connectivity index (χ1v) is 7.72. The van der Waals surface area contributed by atoms with Crippen molar-refractivity contribution in [1.82, 2.24) is 5.32 Å². The van der Waals surface area contributed by atoms with Gasteiger partial charge in [-0.05, 0) is 48.1 Å². The van der Waals surface area contributed by atoms with Crippen LogP contribution < -0.4 is 15.0 Å². The molecule has 1 aliphatic rings. The van der Waals surface area contributed by atoms with Crippen molar-refractivity contribution in [3.63, 3.8) is 0 Å². The van der Waals surface area contributed by atoms with Gasteiger partial charge in [0.25, 0.3) is 11.8 Å². The molecule has 2 aromatic rings. The summed E-state index contributed by atoms with van der Waals surface area (Å²) < 4.78 is 19.1. The Labute approximate surface area is 148 Å².